The molecule has 8 nitrogen and oxygen atoms in total. The highest BCUT2D eigenvalue weighted by Crippen LogP contribution is 2.27. The van der Waals surface area contributed by atoms with Crippen molar-refractivity contribution >= 4 is 17.5 Å². The van der Waals surface area contributed by atoms with Gasteiger partial charge in [0.15, 0.2) is 5.78 Å². The standard InChI is InChI=1S/C18H23F3N6O2/c19-18(20,21)17-22-3-1-15(24-17)26-7-5-25(6-8-26)12-9-14(23-10-12)16(29)27-4-2-13(28)11-27/h1,3,12,14,23H,2,4-11H2/t12-,14-/m0/s1. The minimum Gasteiger partial charge on any atom is -0.354 e. The molecule has 4 rings (SSSR count). The maximum atomic E-state index is 12.8. The van der Waals surface area contributed by atoms with Crippen LogP contribution in [0.5, 0.6) is 0 Å². The molecular weight excluding hydrogens is 389 g/mol. The van der Waals surface area contributed by atoms with Crippen LogP contribution < -0.4 is 10.2 Å². The molecule has 0 saturated carbocycles. The number of anilines is 1. The van der Waals surface area contributed by atoms with E-state index in [-0.39, 0.29) is 36.1 Å². The summed E-state index contributed by atoms with van der Waals surface area (Å²) in [6, 6.07) is 1.41. The van der Waals surface area contributed by atoms with Crippen molar-refractivity contribution in [2.45, 2.75) is 31.1 Å². The van der Waals surface area contributed by atoms with Gasteiger partial charge in [-0.2, -0.15) is 13.2 Å². The SMILES string of the molecule is O=C1CCN(C(=O)[C@@H]2C[C@H](N3CCN(c4ccnc(C(F)(F)F)n4)CC3)CN2)C1. The highest BCUT2D eigenvalue weighted by atomic mass is 19.4. The molecule has 29 heavy (non-hydrogen) atoms. The molecule has 1 N–H and O–H groups in total. The lowest BCUT2D eigenvalue weighted by atomic mass is 10.1. The second-order valence-corrected chi connectivity index (χ2v) is 7.66. The van der Waals surface area contributed by atoms with Gasteiger partial charge in [0, 0.05) is 57.9 Å². The normalized spacial score (nSPS) is 26.4. The van der Waals surface area contributed by atoms with E-state index in [1.54, 1.807) is 4.90 Å². The van der Waals surface area contributed by atoms with Crippen molar-refractivity contribution in [3.8, 4) is 0 Å². The average molecular weight is 412 g/mol. The highest BCUT2D eigenvalue weighted by Gasteiger charge is 2.38. The topological polar surface area (TPSA) is 81.7 Å². The number of carbonyl (C=O) groups is 2. The Kier molecular flexibility index (Phi) is 5.43. The molecule has 0 aliphatic carbocycles. The van der Waals surface area contributed by atoms with Crippen LogP contribution in [0.25, 0.3) is 0 Å². The molecule has 3 aliphatic rings. The lowest BCUT2D eigenvalue weighted by Crippen LogP contribution is -2.51. The summed E-state index contributed by atoms with van der Waals surface area (Å²) in [7, 11) is 0. The van der Waals surface area contributed by atoms with Crippen LogP contribution in [0.15, 0.2) is 12.3 Å². The number of amides is 1. The molecular formula is C18H23F3N6O2. The second-order valence-electron chi connectivity index (χ2n) is 7.66. The van der Waals surface area contributed by atoms with Crippen LogP contribution in [0.2, 0.25) is 0 Å². The molecule has 1 aromatic rings. The van der Waals surface area contributed by atoms with Crippen LogP contribution in [0, 0.1) is 0 Å². The number of ketones is 1. The monoisotopic (exact) mass is 412 g/mol. The Morgan fingerprint density at radius 3 is 2.59 bits per heavy atom. The average Bonchev–Trinajstić information content (AvgIpc) is 3.36. The van der Waals surface area contributed by atoms with Crippen molar-refractivity contribution < 1.29 is 22.8 Å². The van der Waals surface area contributed by atoms with Gasteiger partial charge in [0.2, 0.25) is 11.7 Å². The summed E-state index contributed by atoms with van der Waals surface area (Å²) in [5.74, 6) is -0.762. The predicted octanol–water partition coefficient (Wildman–Crippen LogP) is 0.149. The molecule has 0 spiro atoms. The minimum atomic E-state index is -4.56. The summed E-state index contributed by atoms with van der Waals surface area (Å²) in [6.07, 6.45) is -2.31. The van der Waals surface area contributed by atoms with Crippen LogP contribution in [-0.4, -0.2) is 89.4 Å². The first-order valence-electron chi connectivity index (χ1n) is 9.74. The van der Waals surface area contributed by atoms with E-state index in [0.717, 1.165) is 6.20 Å². The quantitative estimate of drug-likeness (QED) is 0.757. The summed E-state index contributed by atoms with van der Waals surface area (Å²) >= 11 is 0. The Morgan fingerprint density at radius 2 is 1.93 bits per heavy atom. The lowest BCUT2D eigenvalue weighted by Gasteiger charge is -2.38. The molecule has 11 heteroatoms. The highest BCUT2D eigenvalue weighted by molar-refractivity contribution is 5.91. The molecule has 1 amide bonds. The number of nitrogens with zero attached hydrogens (tertiary/aromatic N) is 5. The molecule has 0 aromatic carbocycles. The van der Waals surface area contributed by atoms with Crippen molar-refractivity contribution in [1.82, 2.24) is 25.1 Å². The first kappa shape index (κ1) is 20.0. The number of hydrogen-bond donors (Lipinski definition) is 1. The second kappa shape index (κ2) is 7.86. The Hall–Kier alpha value is -2.27. The van der Waals surface area contributed by atoms with Gasteiger partial charge in [0.1, 0.15) is 5.82 Å². The van der Waals surface area contributed by atoms with Crippen LogP contribution in [0.4, 0.5) is 19.0 Å². The third kappa shape index (κ3) is 4.35. The summed E-state index contributed by atoms with van der Waals surface area (Å²) in [5.41, 5.74) is 0. The Labute approximate surface area is 166 Å². The lowest BCUT2D eigenvalue weighted by molar-refractivity contribution is -0.145. The van der Waals surface area contributed by atoms with Crippen LogP contribution in [0.1, 0.15) is 18.7 Å². The van der Waals surface area contributed by atoms with Crippen molar-refractivity contribution in [2.24, 2.45) is 0 Å². The van der Waals surface area contributed by atoms with E-state index in [1.165, 1.54) is 6.07 Å². The van der Waals surface area contributed by atoms with Gasteiger partial charge in [-0.25, -0.2) is 9.97 Å². The van der Waals surface area contributed by atoms with Crippen molar-refractivity contribution in [1.29, 1.82) is 0 Å². The zero-order valence-electron chi connectivity index (χ0n) is 15.9. The molecule has 4 heterocycles. The van der Waals surface area contributed by atoms with E-state index in [9.17, 15) is 22.8 Å². The summed E-state index contributed by atoms with van der Waals surface area (Å²) < 4.78 is 38.5. The zero-order valence-corrected chi connectivity index (χ0v) is 15.9. The number of rotatable bonds is 3. The van der Waals surface area contributed by atoms with Gasteiger partial charge in [-0.15, -0.1) is 0 Å². The van der Waals surface area contributed by atoms with Gasteiger partial charge in [-0.1, -0.05) is 0 Å². The number of Topliss-reactive ketones (excluding diaryl/α,β-unsaturated/α-hetero) is 1. The van der Waals surface area contributed by atoms with E-state index < -0.39 is 12.0 Å². The summed E-state index contributed by atoms with van der Waals surface area (Å²) in [4.78, 5) is 36.6. The third-order valence-corrected chi connectivity index (χ3v) is 5.79. The Balaban J connectivity index is 1.30. The van der Waals surface area contributed by atoms with E-state index in [1.807, 2.05) is 4.90 Å². The van der Waals surface area contributed by atoms with Gasteiger partial charge < -0.3 is 15.1 Å². The molecule has 158 valence electrons. The largest absolute Gasteiger partial charge is 0.451 e. The predicted molar refractivity (Wildman–Crippen MR) is 97.2 cm³/mol. The maximum absolute atomic E-state index is 12.8. The van der Waals surface area contributed by atoms with Gasteiger partial charge >= 0.3 is 6.18 Å². The first-order chi connectivity index (χ1) is 13.8. The Morgan fingerprint density at radius 1 is 1.17 bits per heavy atom. The first-order valence-corrected chi connectivity index (χ1v) is 9.74. The van der Waals surface area contributed by atoms with E-state index >= 15 is 0 Å². The Bertz CT molecular complexity index is 781. The minimum absolute atomic E-state index is 0.0161. The fraction of sp³-hybridized carbons (Fsp3) is 0.667. The number of likely N-dealkylation sites (tertiary alicyclic amines) is 1. The van der Waals surface area contributed by atoms with Crippen molar-refractivity contribution in [3.05, 3.63) is 18.1 Å². The molecule has 3 fully saturated rings. The smallest absolute Gasteiger partial charge is 0.354 e. The molecule has 0 unspecified atom stereocenters. The third-order valence-electron chi connectivity index (χ3n) is 5.79. The van der Waals surface area contributed by atoms with Crippen LogP contribution >= 0.6 is 0 Å². The number of piperazine rings is 1. The van der Waals surface area contributed by atoms with Crippen LogP contribution in [-0.2, 0) is 15.8 Å². The molecule has 0 radical (unpaired) electrons. The summed E-state index contributed by atoms with van der Waals surface area (Å²) in [6.45, 7) is 3.87. The van der Waals surface area contributed by atoms with Crippen molar-refractivity contribution in [3.63, 3.8) is 0 Å². The molecule has 1 aromatic heterocycles. The van der Waals surface area contributed by atoms with Crippen LogP contribution in [0.3, 0.4) is 0 Å². The zero-order chi connectivity index (χ0) is 20.6. The van der Waals surface area contributed by atoms with Gasteiger partial charge in [-0.3, -0.25) is 14.5 Å². The number of carbonyl (C=O) groups excluding carboxylic acids is 2. The summed E-state index contributed by atoms with van der Waals surface area (Å²) in [5, 5.41) is 3.26. The van der Waals surface area contributed by atoms with E-state index in [2.05, 4.69) is 20.2 Å². The van der Waals surface area contributed by atoms with Gasteiger partial charge in [0.25, 0.3) is 0 Å². The number of alkyl halides is 3. The van der Waals surface area contributed by atoms with Gasteiger partial charge in [-0.05, 0) is 12.5 Å². The van der Waals surface area contributed by atoms with E-state index in [0.29, 0.717) is 52.1 Å². The van der Waals surface area contributed by atoms with Crippen molar-refractivity contribution in [2.75, 3.05) is 50.7 Å². The van der Waals surface area contributed by atoms with Gasteiger partial charge in [0.05, 0.1) is 12.6 Å². The fourth-order valence-corrected chi connectivity index (χ4v) is 4.20. The maximum Gasteiger partial charge on any atom is 0.451 e. The number of nitrogens with one attached hydrogen (secondary N) is 1. The molecule has 3 aliphatic heterocycles. The molecule has 0 bridgehead atoms. The number of aromatic nitrogens is 2. The number of halogens is 3. The molecule has 2 atom stereocenters. The molecule has 3 saturated heterocycles. The number of hydrogen-bond acceptors (Lipinski definition) is 7. The van der Waals surface area contributed by atoms with E-state index in [4.69, 9.17) is 0 Å². The fourth-order valence-electron chi connectivity index (χ4n) is 4.20.